The van der Waals surface area contributed by atoms with Gasteiger partial charge in [-0.3, -0.25) is 4.90 Å². The molecular formula is C12H22N2O. The third-order valence-electron chi connectivity index (χ3n) is 2.69. The largest absolute Gasteiger partial charge is 0.468 e. The van der Waals surface area contributed by atoms with E-state index in [2.05, 4.69) is 31.0 Å². The molecule has 86 valence electrons. The molecule has 1 N–H and O–H groups in total. The summed E-state index contributed by atoms with van der Waals surface area (Å²) in [7, 11) is 1.96. The van der Waals surface area contributed by atoms with E-state index < -0.39 is 0 Å². The van der Waals surface area contributed by atoms with Gasteiger partial charge in [0.25, 0.3) is 0 Å². The molecule has 0 unspecified atom stereocenters. The van der Waals surface area contributed by atoms with Crippen LogP contribution in [0.5, 0.6) is 0 Å². The van der Waals surface area contributed by atoms with Gasteiger partial charge in [-0.1, -0.05) is 6.92 Å². The Labute approximate surface area is 92.5 Å². The normalized spacial score (nSPS) is 11.6. The van der Waals surface area contributed by atoms with Crippen LogP contribution >= 0.6 is 0 Å². The molecule has 15 heavy (non-hydrogen) atoms. The van der Waals surface area contributed by atoms with E-state index in [0.29, 0.717) is 6.04 Å². The first-order valence-corrected chi connectivity index (χ1v) is 5.62. The van der Waals surface area contributed by atoms with Gasteiger partial charge >= 0.3 is 0 Å². The fourth-order valence-corrected chi connectivity index (χ4v) is 1.70. The lowest BCUT2D eigenvalue weighted by atomic mass is 10.2. The molecule has 0 saturated carbocycles. The molecule has 0 spiro atoms. The first-order valence-electron chi connectivity index (χ1n) is 5.62. The summed E-state index contributed by atoms with van der Waals surface area (Å²) in [5, 5.41) is 3.15. The summed E-state index contributed by atoms with van der Waals surface area (Å²) in [5.41, 5.74) is 1.26. The van der Waals surface area contributed by atoms with E-state index in [0.717, 1.165) is 25.4 Å². The minimum atomic E-state index is 0.558. The molecule has 0 aliphatic heterocycles. The molecule has 0 saturated heterocycles. The number of nitrogens with one attached hydrogen (secondary N) is 1. The van der Waals surface area contributed by atoms with E-state index in [4.69, 9.17) is 4.42 Å². The van der Waals surface area contributed by atoms with Gasteiger partial charge in [0.05, 0.1) is 12.8 Å². The van der Waals surface area contributed by atoms with Crippen molar-refractivity contribution in [1.29, 1.82) is 0 Å². The van der Waals surface area contributed by atoms with E-state index in [9.17, 15) is 0 Å². The summed E-state index contributed by atoms with van der Waals surface area (Å²) in [6.45, 7) is 9.44. The van der Waals surface area contributed by atoms with Crippen molar-refractivity contribution in [3.8, 4) is 0 Å². The maximum Gasteiger partial charge on any atom is 0.122 e. The first kappa shape index (κ1) is 12.3. The van der Waals surface area contributed by atoms with Crippen molar-refractivity contribution < 1.29 is 4.42 Å². The topological polar surface area (TPSA) is 28.4 Å². The summed E-state index contributed by atoms with van der Waals surface area (Å²) in [6.07, 6.45) is 1.77. The van der Waals surface area contributed by atoms with Crippen LogP contribution in [-0.4, -0.2) is 24.5 Å². The molecule has 0 aliphatic carbocycles. The van der Waals surface area contributed by atoms with Crippen molar-refractivity contribution in [2.45, 2.75) is 39.9 Å². The SMILES string of the molecule is CCN(Cc1occc1CNC)C(C)C. The van der Waals surface area contributed by atoms with Crippen LogP contribution in [0.15, 0.2) is 16.7 Å². The van der Waals surface area contributed by atoms with Crippen LogP contribution in [0.4, 0.5) is 0 Å². The van der Waals surface area contributed by atoms with Gasteiger partial charge in [-0.15, -0.1) is 0 Å². The Hall–Kier alpha value is -0.800. The Balaban J connectivity index is 2.65. The molecule has 3 nitrogen and oxygen atoms in total. The molecule has 0 amide bonds. The van der Waals surface area contributed by atoms with E-state index in [1.54, 1.807) is 6.26 Å². The third kappa shape index (κ3) is 3.36. The van der Waals surface area contributed by atoms with Gasteiger partial charge < -0.3 is 9.73 Å². The van der Waals surface area contributed by atoms with E-state index >= 15 is 0 Å². The van der Waals surface area contributed by atoms with Gasteiger partial charge in [-0.05, 0) is 33.5 Å². The molecule has 1 aromatic rings. The number of furan rings is 1. The highest BCUT2D eigenvalue weighted by molar-refractivity contribution is 5.16. The Morgan fingerprint density at radius 1 is 1.47 bits per heavy atom. The smallest absolute Gasteiger partial charge is 0.122 e. The molecule has 0 atom stereocenters. The molecule has 3 heteroatoms. The van der Waals surface area contributed by atoms with Crippen molar-refractivity contribution >= 4 is 0 Å². The molecule has 0 radical (unpaired) electrons. The predicted octanol–water partition coefficient (Wildman–Crippen LogP) is 2.23. The maximum atomic E-state index is 5.52. The van der Waals surface area contributed by atoms with Crippen molar-refractivity contribution in [2.75, 3.05) is 13.6 Å². The molecule has 0 bridgehead atoms. The summed E-state index contributed by atoms with van der Waals surface area (Å²) >= 11 is 0. The molecular weight excluding hydrogens is 188 g/mol. The Bertz CT molecular complexity index is 281. The summed E-state index contributed by atoms with van der Waals surface area (Å²) in [4.78, 5) is 2.39. The van der Waals surface area contributed by atoms with Crippen LogP contribution < -0.4 is 5.32 Å². The van der Waals surface area contributed by atoms with Crippen LogP contribution in [0.1, 0.15) is 32.1 Å². The second-order valence-electron chi connectivity index (χ2n) is 4.06. The molecule has 1 rings (SSSR count). The van der Waals surface area contributed by atoms with E-state index in [-0.39, 0.29) is 0 Å². The van der Waals surface area contributed by atoms with Crippen LogP contribution in [0.25, 0.3) is 0 Å². The summed E-state index contributed by atoms with van der Waals surface area (Å²) in [6, 6.07) is 2.60. The Morgan fingerprint density at radius 2 is 2.20 bits per heavy atom. The third-order valence-corrected chi connectivity index (χ3v) is 2.69. The Morgan fingerprint density at radius 3 is 2.73 bits per heavy atom. The van der Waals surface area contributed by atoms with E-state index in [1.807, 2.05) is 13.1 Å². The van der Waals surface area contributed by atoms with Crippen molar-refractivity contribution in [1.82, 2.24) is 10.2 Å². The lowest BCUT2D eigenvalue weighted by Crippen LogP contribution is -2.30. The van der Waals surface area contributed by atoms with Crippen LogP contribution in [0.3, 0.4) is 0 Å². The van der Waals surface area contributed by atoms with Gasteiger partial charge in [0.15, 0.2) is 0 Å². The van der Waals surface area contributed by atoms with Gasteiger partial charge in [0.1, 0.15) is 5.76 Å². The molecule has 0 fully saturated rings. The second kappa shape index (κ2) is 5.93. The van der Waals surface area contributed by atoms with Crippen LogP contribution in [-0.2, 0) is 13.1 Å². The monoisotopic (exact) mass is 210 g/mol. The lowest BCUT2D eigenvalue weighted by Gasteiger charge is -2.23. The highest BCUT2D eigenvalue weighted by Crippen LogP contribution is 2.14. The summed E-state index contributed by atoms with van der Waals surface area (Å²) < 4.78 is 5.52. The second-order valence-corrected chi connectivity index (χ2v) is 4.06. The number of hydrogen-bond donors (Lipinski definition) is 1. The minimum Gasteiger partial charge on any atom is -0.468 e. The van der Waals surface area contributed by atoms with Crippen molar-refractivity contribution in [3.05, 3.63) is 23.7 Å². The standard InChI is InChI=1S/C12H22N2O/c1-5-14(10(2)3)9-12-11(8-13-4)6-7-15-12/h6-7,10,13H,5,8-9H2,1-4H3. The first-order chi connectivity index (χ1) is 7.19. The van der Waals surface area contributed by atoms with Crippen molar-refractivity contribution in [2.24, 2.45) is 0 Å². The zero-order valence-corrected chi connectivity index (χ0v) is 10.2. The molecule has 1 aromatic heterocycles. The molecule has 0 aromatic carbocycles. The van der Waals surface area contributed by atoms with Crippen LogP contribution in [0, 0.1) is 0 Å². The number of hydrogen-bond acceptors (Lipinski definition) is 3. The average Bonchev–Trinajstić information content (AvgIpc) is 2.62. The predicted molar refractivity (Wildman–Crippen MR) is 62.7 cm³/mol. The molecule has 0 aliphatic rings. The van der Waals surface area contributed by atoms with Gasteiger partial charge in [0, 0.05) is 18.2 Å². The quantitative estimate of drug-likeness (QED) is 0.780. The van der Waals surface area contributed by atoms with Crippen LogP contribution in [0.2, 0.25) is 0 Å². The molecule has 1 heterocycles. The highest BCUT2D eigenvalue weighted by atomic mass is 16.3. The van der Waals surface area contributed by atoms with Crippen molar-refractivity contribution in [3.63, 3.8) is 0 Å². The zero-order chi connectivity index (χ0) is 11.3. The van der Waals surface area contributed by atoms with Gasteiger partial charge in [-0.25, -0.2) is 0 Å². The zero-order valence-electron chi connectivity index (χ0n) is 10.2. The summed E-state index contributed by atoms with van der Waals surface area (Å²) in [5.74, 6) is 1.08. The highest BCUT2D eigenvalue weighted by Gasteiger charge is 2.12. The number of nitrogens with zero attached hydrogens (tertiary/aromatic N) is 1. The van der Waals surface area contributed by atoms with Gasteiger partial charge in [-0.2, -0.15) is 0 Å². The lowest BCUT2D eigenvalue weighted by molar-refractivity contribution is 0.206. The van der Waals surface area contributed by atoms with Gasteiger partial charge in [0.2, 0.25) is 0 Å². The minimum absolute atomic E-state index is 0.558. The van der Waals surface area contributed by atoms with E-state index in [1.165, 1.54) is 5.56 Å². The maximum absolute atomic E-state index is 5.52. The average molecular weight is 210 g/mol. The fraction of sp³-hybridized carbons (Fsp3) is 0.667. The Kier molecular flexibility index (Phi) is 4.85. The number of rotatable bonds is 6. The fourth-order valence-electron chi connectivity index (χ4n) is 1.70.